The summed E-state index contributed by atoms with van der Waals surface area (Å²) < 4.78 is 0. The van der Waals surface area contributed by atoms with Gasteiger partial charge in [-0.3, -0.25) is 4.90 Å². The van der Waals surface area contributed by atoms with E-state index in [1.54, 1.807) is 6.33 Å². The maximum absolute atomic E-state index is 4.47. The van der Waals surface area contributed by atoms with E-state index in [0.29, 0.717) is 0 Å². The average Bonchev–Trinajstić information content (AvgIpc) is 2.69. The van der Waals surface area contributed by atoms with Crippen molar-refractivity contribution in [3.63, 3.8) is 0 Å². The molecule has 0 spiro atoms. The molecule has 0 bridgehead atoms. The molecule has 0 saturated heterocycles. The van der Waals surface area contributed by atoms with Crippen molar-refractivity contribution < 1.29 is 0 Å². The third-order valence-electron chi connectivity index (χ3n) is 5.28. The fraction of sp³-hybridized carbons (Fsp3) is 0.429. The maximum atomic E-state index is 4.47. The van der Waals surface area contributed by atoms with E-state index in [-0.39, 0.29) is 0 Å². The predicted octanol–water partition coefficient (Wildman–Crippen LogP) is 3.56. The van der Waals surface area contributed by atoms with E-state index in [4.69, 9.17) is 0 Å². The van der Waals surface area contributed by atoms with Crippen molar-refractivity contribution in [1.82, 2.24) is 14.9 Å². The molecular weight excluding hydrogens is 308 g/mol. The van der Waals surface area contributed by atoms with Gasteiger partial charge in [-0.1, -0.05) is 36.4 Å². The van der Waals surface area contributed by atoms with Gasteiger partial charge in [0.2, 0.25) is 0 Å². The molecular formula is C21H26N4. The fourth-order valence-electron chi connectivity index (χ4n) is 3.83. The number of benzene rings is 1. The van der Waals surface area contributed by atoms with Crippen LogP contribution in [0.3, 0.4) is 0 Å². The topological polar surface area (TPSA) is 41.0 Å². The Morgan fingerprint density at radius 3 is 2.72 bits per heavy atom. The van der Waals surface area contributed by atoms with Gasteiger partial charge in [0.15, 0.2) is 0 Å². The summed E-state index contributed by atoms with van der Waals surface area (Å²) in [4.78, 5) is 11.4. The van der Waals surface area contributed by atoms with Crippen LogP contribution in [-0.4, -0.2) is 41.0 Å². The van der Waals surface area contributed by atoms with Crippen molar-refractivity contribution in [2.75, 3.05) is 31.5 Å². The second-order valence-electron chi connectivity index (χ2n) is 6.93. The molecule has 0 amide bonds. The SMILES string of the molecule is C1=C(c2ccccc2)CCN(CCNc2ncnc3c2CCCC3)C1. The Kier molecular flexibility index (Phi) is 5.07. The molecule has 0 atom stereocenters. The van der Waals surface area contributed by atoms with Gasteiger partial charge < -0.3 is 5.32 Å². The van der Waals surface area contributed by atoms with Crippen LogP contribution in [0, 0.1) is 0 Å². The molecule has 4 nitrogen and oxygen atoms in total. The van der Waals surface area contributed by atoms with E-state index in [0.717, 1.165) is 51.3 Å². The Hall–Kier alpha value is -2.20. The summed E-state index contributed by atoms with van der Waals surface area (Å²) in [5.74, 6) is 1.06. The molecule has 2 aliphatic rings. The van der Waals surface area contributed by atoms with E-state index in [9.17, 15) is 0 Å². The van der Waals surface area contributed by atoms with Crippen LogP contribution in [0.15, 0.2) is 42.7 Å². The number of nitrogens with zero attached hydrogens (tertiary/aromatic N) is 3. The Morgan fingerprint density at radius 1 is 1.00 bits per heavy atom. The lowest BCUT2D eigenvalue weighted by atomic mass is 9.96. The third-order valence-corrected chi connectivity index (χ3v) is 5.28. The fourth-order valence-corrected chi connectivity index (χ4v) is 3.83. The number of hydrogen-bond acceptors (Lipinski definition) is 4. The highest BCUT2D eigenvalue weighted by Crippen LogP contribution is 2.24. The molecule has 1 aromatic heterocycles. The van der Waals surface area contributed by atoms with Crippen LogP contribution >= 0.6 is 0 Å². The first kappa shape index (κ1) is 16.3. The van der Waals surface area contributed by atoms with Gasteiger partial charge >= 0.3 is 0 Å². The minimum atomic E-state index is 0.942. The molecule has 0 unspecified atom stereocenters. The van der Waals surface area contributed by atoms with E-state index in [1.165, 1.54) is 35.2 Å². The minimum absolute atomic E-state index is 0.942. The van der Waals surface area contributed by atoms with Crippen molar-refractivity contribution in [2.24, 2.45) is 0 Å². The summed E-state index contributed by atoms with van der Waals surface area (Å²) >= 11 is 0. The van der Waals surface area contributed by atoms with E-state index in [1.807, 2.05) is 0 Å². The lowest BCUT2D eigenvalue weighted by Crippen LogP contribution is -2.33. The highest BCUT2D eigenvalue weighted by molar-refractivity contribution is 5.66. The smallest absolute Gasteiger partial charge is 0.132 e. The van der Waals surface area contributed by atoms with E-state index < -0.39 is 0 Å². The zero-order chi connectivity index (χ0) is 16.9. The lowest BCUT2D eigenvalue weighted by molar-refractivity contribution is 0.313. The van der Waals surface area contributed by atoms with E-state index in [2.05, 4.69) is 56.6 Å². The predicted molar refractivity (Wildman–Crippen MR) is 103 cm³/mol. The van der Waals surface area contributed by atoms with Gasteiger partial charge in [-0.15, -0.1) is 0 Å². The van der Waals surface area contributed by atoms with Crippen LogP contribution < -0.4 is 5.32 Å². The van der Waals surface area contributed by atoms with Gasteiger partial charge in [-0.2, -0.15) is 0 Å². The number of nitrogens with one attached hydrogen (secondary N) is 1. The molecule has 130 valence electrons. The van der Waals surface area contributed by atoms with Crippen LogP contribution in [-0.2, 0) is 12.8 Å². The second kappa shape index (κ2) is 7.79. The monoisotopic (exact) mass is 334 g/mol. The van der Waals surface area contributed by atoms with Crippen LogP contribution in [0.25, 0.3) is 5.57 Å². The number of fused-ring (bicyclic) bond motifs is 1. The Bertz CT molecular complexity index is 739. The van der Waals surface area contributed by atoms with Crippen LogP contribution in [0.1, 0.15) is 36.1 Å². The van der Waals surface area contributed by atoms with Crippen LogP contribution in [0.5, 0.6) is 0 Å². The van der Waals surface area contributed by atoms with Crippen molar-refractivity contribution in [1.29, 1.82) is 0 Å². The Labute approximate surface area is 150 Å². The summed E-state index contributed by atoms with van der Waals surface area (Å²) in [6.45, 7) is 4.16. The van der Waals surface area contributed by atoms with Crippen molar-refractivity contribution >= 4 is 11.4 Å². The summed E-state index contributed by atoms with van der Waals surface area (Å²) in [6.07, 6.45) is 9.96. The van der Waals surface area contributed by atoms with Crippen molar-refractivity contribution in [3.8, 4) is 0 Å². The van der Waals surface area contributed by atoms with Gasteiger partial charge in [0.1, 0.15) is 12.1 Å². The van der Waals surface area contributed by atoms with Gasteiger partial charge in [-0.25, -0.2) is 9.97 Å². The van der Waals surface area contributed by atoms with E-state index >= 15 is 0 Å². The zero-order valence-electron chi connectivity index (χ0n) is 14.7. The highest BCUT2D eigenvalue weighted by Gasteiger charge is 2.16. The highest BCUT2D eigenvalue weighted by atomic mass is 15.1. The lowest BCUT2D eigenvalue weighted by Gasteiger charge is -2.27. The Balaban J connectivity index is 1.30. The first-order valence-corrected chi connectivity index (χ1v) is 9.43. The van der Waals surface area contributed by atoms with Gasteiger partial charge in [0.25, 0.3) is 0 Å². The molecule has 4 heteroatoms. The third kappa shape index (κ3) is 3.90. The summed E-state index contributed by atoms with van der Waals surface area (Å²) in [5.41, 5.74) is 5.44. The minimum Gasteiger partial charge on any atom is -0.368 e. The molecule has 4 rings (SSSR count). The molecule has 2 aromatic rings. The number of anilines is 1. The number of aryl methyl sites for hydroxylation is 1. The van der Waals surface area contributed by atoms with Gasteiger partial charge in [-0.05, 0) is 43.2 Å². The molecule has 1 aliphatic heterocycles. The van der Waals surface area contributed by atoms with Crippen LogP contribution in [0.2, 0.25) is 0 Å². The molecule has 0 fully saturated rings. The van der Waals surface area contributed by atoms with Gasteiger partial charge in [0, 0.05) is 37.4 Å². The number of hydrogen-bond donors (Lipinski definition) is 1. The van der Waals surface area contributed by atoms with Crippen LogP contribution in [0.4, 0.5) is 5.82 Å². The first-order valence-electron chi connectivity index (χ1n) is 9.43. The molecule has 2 heterocycles. The quantitative estimate of drug-likeness (QED) is 0.908. The van der Waals surface area contributed by atoms with Gasteiger partial charge in [0.05, 0.1) is 0 Å². The number of rotatable bonds is 5. The van der Waals surface area contributed by atoms with Crippen molar-refractivity contribution in [3.05, 3.63) is 59.6 Å². The number of aromatic nitrogens is 2. The normalized spacial score (nSPS) is 17.7. The zero-order valence-corrected chi connectivity index (χ0v) is 14.7. The first-order chi connectivity index (χ1) is 12.4. The molecule has 0 radical (unpaired) electrons. The Morgan fingerprint density at radius 2 is 1.88 bits per heavy atom. The molecule has 1 aliphatic carbocycles. The summed E-state index contributed by atoms with van der Waals surface area (Å²) in [5, 5.41) is 3.55. The summed E-state index contributed by atoms with van der Waals surface area (Å²) in [6, 6.07) is 10.7. The molecule has 1 aromatic carbocycles. The molecule has 0 saturated carbocycles. The maximum Gasteiger partial charge on any atom is 0.132 e. The standard InChI is InChI=1S/C21H26N4/c1-2-6-17(7-3-1)18-10-13-25(14-11-18)15-12-22-21-19-8-4-5-9-20(19)23-16-24-21/h1-3,6-7,10,16H,4-5,8-9,11-15H2,(H,22,23,24). The summed E-state index contributed by atoms with van der Waals surface area (Å²) in [7, 11) is 0. The van der Waals surface area contributed by atoms with Crippen molar-refractivity contribution in [2.45, 2.75) is 32.1 Å². The largest absolute Gasteiger partial charge is 0.368 e. The average molecular weight is 334 g/mol. The molecule has 25 heavy (non-hydrogen) atoms. The molecule has 1 N–H and O–H groups in total. The second-order valence-corrected chi connectivity index (χ2v) is 6.93.